The summed E-state index contributed by atoms with van der Waals surface area (Å²) < 4.78 is 5.57. The van der Waals surface area contributed by atoms with Crippen LogP contribution >= 0.6 is 0 Å². The van der Waals surface area contributed by atoms with Crippen molar-refractivity contribution in [1.29, 1.82) is 0 Å². The number of benzene rings is 1. The number of nitrogens with zero attached hydrogens (tertiary/aromatic N) is 1. The molecule has 3 rings (SSSR count). The van der Waals surface area contributed by atoms with E-state index < -0.39 is 5.54 Å². The van der Waals surface area contributed by atoms with Crippen LogP contribution in [-0.4, -0.2) is 22.3 Å². The Kier molecular flexibility index (Phi) is 4.42. The maximum atomic E-state index is 12.8. The summed E-state index contributed by atoms with van der Waals surface area (Å²) in [5.74, 6) is 1.36. The standard InChI is InChI=1S/C19H22N2O3/c1-14-8-9-16(24-14)13-21-17(22)10-11-19(21,2)18(23)20-12-15-6-4-3-5-7-15/h3-9H,10-13H2,1-2H3,(H,20,23)/t19-/m1/s1. The third kappa shape index (κ3) is 3.20. The summed E-state index contributed by atoms with van der Waals surface area (Å²) in [7, 11) is 0. The molecule has 1 saturated heterocycles. The topological polar surface area (TPSA) is 62.6 Å². The lowest BCUT2D eigenvalue weighted by atomic mass is 9.97. The molecule has 1 N–H and O–H groups in total. The van der Waals surface area contributed by atoms with Crippen LogP contribution in [0.4, 0.5) is 0 Å². The van der Waals surface area contributed by atoms with Crippen molar-refractivity contribution in [1.82, 2.24) is 10.2 Å². The lowest BCUT2D eigenvalue weighted by Gasteiger charge is -2.33. The molecule has 1 fully saturated rings. The van der Waals surface area contributed by atoms with Crippen molar-refractivity contribution < 1.29 is 14.0 Å². The Bertz CT molecular complexity index is 738. The highest BCUT2D eigenvalue weighted by molar-refractivity contribution is 5.94. The molecule has 1 aromatic carbocycles. The first-order valence-electron chi connectivity index (χ1n) is 8.17. The van der Waals surface area contributed by atoms with E-state index in [1.165, 1.54) is 0 Å². The molecule has 0 unspecified atom stereocenters. The summed E-state index contributed by atoms with van der Waals surface area (Å²) >= 11 is 0. The number of amides is 2. The largest absolute Gasteiger partial charge is 0.464 e. The van der Waals surface area contributed by atoms with Gasteiger partial charge in [-0.15, -0.1) is 0 Å². The first-order valence-corrected chi connectivity index (χ1v) is 8.17. The molecule has 1 atom stereocenters. The van der Waals surface area contributed by atoms with Crippen molar-refractivity contribution in [3.8, 4) is 0 Å². The van der Waals surface area contributed by atoms with Crippen LogP contribution in [-0.2, 0) is 22.7 Å². The molecule has 0 spiro atoms. The van der Waals surface area contributed by atoms with Crippen LogP contribution < -0.4 is 5.32 Å². The highest BCUT2D eigenvalue weighted by Crippen LogP contribution is 2.32. The summed E-state index contributed by atoms with van der Waals surface area (Å²) in [6.45, 7) is 4.47. The smallest absolute Gasteiger partial charge is 0.245 e. The first kappa shape index (κ1) is 16.3. The third-order valence-electron chi connectivity index (χ3n) is 4.62. The van der Waals surface area contributed by atoms with Crippen molar-refractivity contribution in [3.05, 3.63) is 59.5 Å². The predicted octanol–water partition coefficient (Wildman–Crippen LogP) is 2.79. The number of hydrogen-bond donors (Lipinski definition) is 1. The second-order valence-corrected chi connectivity index (χ2v) is 6.43. The molecule has 5 nitrogen and oxygen atoms in total. The van der Waals surface area contributed by atoms with Crippen molar-refractivity contribution in [2.75, 3.05) is 0 Å². The Hall–Kier alpha value is -2.56. The second-order valence-electron chi connectivity index (χ2n) is 6.43. The fourth-order valence-electron chi connectivity index (χ4n) is 3.09. The van der Waals surface area contributed by atoms with Gasteiger partial charge in [0, 0.05) is 13.0 Å². The van der Waals surface area contributed by atoms with Crippen LogP contribution in [0.5, 0.6) is 0 Å². The van der Waals surface area contributed by atoms with Gasteiger partial charge in [0.15, 0.2) is 0 Å². The van der Waals surface area contributed by atoms with E-state index in [0.29, 0.717) is 31.7 Å². The van der Waals surface area contributed by atoms with Gasteiger partial charge >= 0.3 is 0 Å². The van der Waals surface area contributed by atoms with Crippen LogP contribution in [0.3, 0.4) is 0 Å². The monoisotopic (exact) mass is 326 g/mol. The van der Waals surface area contributed by atoms with Gasteiger partial charge in [0.25, 0.3) is 0 Å². The number of rotatable bonds is 5. The van der Waals surface area contributed by atoms with E-state index >= 15 is 0 Å². The van der Waals surface area contributed by atoms with Gasteiger partial charge in [-0.25, -0.2) is 0 Å². The Balaban J connectivity index is 1.71. The molecular formula is C19H22N2O3. The molecule has 1 aliphatic heterocycles. The summed E-state index contributed by atoms with van der Waals surface area (Å²) in [6, 6.07) is 13.5. The van der Waals surface area contributed by atoms with E-state index in [0.717, 1.165) is 11.3 Å². The van der Waals surface area contributed by atoms with Crippen molar-refractivity contribution >= 4 is 11.8 Å². The lowest BCUT2D eigenvalue weighted by Crippen LogP contribution is -2.53. The van der Waals surface area contributed by atoms with Crippen LogP contribution in [0.2, 0.25) is 0 Å². The van der Waals surface area contributed by atoms with Gasteiger partial charge in [0.1, 0.15) is 17.1 Å². The minimum absolute atomic E-state index is 0.0126. The highest BCUT2D eigenvalue weighted by Gasteiger charge is 2.47. The number of carbonyl (C=O) groups excluding carboxylic acids is 2. The molecule has 24 heavy (non-hydrogen) atoms. The zero-order chi connectivity index (χ0) is 17.2. The molecule has 0 bridgehead atoms. The normalized spacial score (nSPS) is 20.4. The van der Waals surface area contributed by atoms with Crippen molar-refractivity contribution in [2.24, 2.45) is 0 Å². The van der Waals surface area contributed by atoms with E-state index in [-0.39, 0.29) is 11.8 Å². The average Bonchev–Trinajstić information content (AvgIpc) is 3.12. The number of carbonyl (C=O) groups is 2. The van der Waals surface area contributed by atoms with Crippen molar-refractivity contribution in [2.45, 2.75) is 45.3 Å². The van der Waals surface area contributed by atoms with Gasteiger partial charge in [-0.1, -0.05) is 30.3 Å². The zero-order valence-corrected chi connectivity index (χ0v) is 14.0. The third-order valence-corrected chi connectivity index (χ3v) is 4.62. The number of aryl methyl sites for hydroxylation is 1. The minimum Gasteiger partial charge on any atom is -0.464 e. The minimum atomic E-state index is -0.841. The quantitative estimate of drug-likeness (QED) is 0.919. The van der Waals surface area contributed by atoms with Crippen LogP contribution in [0, 0.1) is 6.92 Å². The van der Waals surface area contributed by atoms with E-state index in [9.17, 15) is 9.59 Å². The van der Waals surface area contributed by atoms with Gasteiger partial charge in [-0.3, -0.25) is 9.59 Å². The van der Waals surface area contributed by atoms with Gasteiger partial charge in [-0.05, 0) is 38.0 Å². The molecule has 1 aromatic heterocycles. The molecule has 0 saturated carbocycles. The summed E-state index contributed by atoms with van der Waals surface area (Å²) in [6.07, 6.45) is 0.904. The highest BCUT2D eigenvalue weighted by atomic mass is 16.3. The Morgan fingerprint density at radius 3 is 2.67 bits per heavy atom. The first-order chi connectivity index (χ1) is 11.5. The molecule has 126 valence electrons. The fourth-order valence-corrected chi connectivity index (χ4v) is 3.09. The fraction of sp³-hybridized carbons (Fsp3) is 0.368. The molecule has 2 heterocycles. The van der Waals surface area contributed by atoms with Gasteiger partial charge in [0.2, 0.25) is 11.8 Å². The van der Waals surface area contributed by atoms with E-state index in [1.807, 2.05) is 56.3 Å². The lowest BCUT2D eigenvalue weighted by molar-refractivity contribution is -0.141. The molecule has 2 amide bonds. The Labute approximate surface area is 141 Å². The summed E-state index contributed by atoms with van der Waals surface area (Å²) in [5.41, 5.74) is 0.194. The summed E-state index contributed by atoms with van der Waals surface area (Å²) in [5, 5.41) is 2.96. The van der Waals surface area contributed by atoms with Crippen LogP contribution in [0.1, 0.15) is 36.8 Å². The second kappa shape index (κ2) is 6.51. The molecule has 2 aromatic rings. The Morgan fingerprint density at radius 1 is 1.25 bits per heavy atom. The molecule has 0 radical (unpaired) electrons. The van der Waals surface area contributed by atoms with Crippen LogP contribution in [0.25, 0.3) is 0 Å². The maximum absolute atomic E-state index is 12.8. The number of hydrogen-bond acceptors (Lipinski definition) is 3. The van der Waals surface area contributed by atoms with Gasteiger partial charge in [0.05, 0.1) is 6.54 Å². The van der Waals surface area contributed by atoms with Gasteiger partial charge < -0.3 is 14.6 Å². The van der Waals surface area contributed by atoms with E-state index in [4.69, 9.17) is 4.42 Å². The Morgan fingerprint density at radius 2 is 2.00 bits per heavy atom. The SMILES string of the molecule is Cc1ccc(CN2C(=O)CC[C@]2(C)C(=O)NCc2ccccc2)o1. The molecule has 5 heteroatoms. The van der Waals surface area contributed by atoms with Crippen LogP contribution in [0.15, 0.2) is 46.9 Å². The maximum Gasteiger partial charge on any atom is 0.245 e. The summed E-state index contributed by atoms with van der Waals surface area (Å²) in [4.78, 5) is 26.7. The van der Waals surface area contributed by atoms with Gasteiger partial charge in [-0.2, -0.15) is 0 Å². The average molecular weight is 326 g/mol. The van der Waals surface area contributed by atoms with E-state index in [1.54, 1.807) is 4.90 Å². The van der Waals surface area contributed by atoms with Crippen molar-refractivity contribution in [3.63, 3.8) is 0 Å². The molecule has 0 aliphatic carbocycles. The number of nitrogens with one attached hydrogen (secondary N) is 1. The number of furan rings is 1. The zero-order valence-electron chi connectivity index (χ0n) is 14.0. The van der Waals surface area contributed by atoms with E-state index in [2.05, 4.69) is 5.32 Å². The predicted molar refractivity (Wildman–Crippen MR) is 89.9 cm³/mol. The molecule has 1 aliphatic rings. The molecular weight excluding hydrogens is 304 g/mol. The number of likely N-dealkylation sites (tertiary alicyclic amines) is 1.